The summed E-state index contributed by atoms with van der Waals surface area (Å²) in [6.45, 7) is 0. The molecule has 0 radical (unpaired) electrons. The summed E-state index contributed by atoms with van der Waals surface area (Å²) in [7, 11) is 0. The quantitative estimate of drug-likeness (QED) is 0.758. The smallest absolute Gasteiger partial charge is 0.0953 e. The third-order valence-electron chi connectivity index (χ3n) is 3.10. The maximum atomic E-state index is 5.89. The van der Waals surface area contributed by atoms with E-state index in [1.807, 2.05) is 30.9 Å². The Bertz CT molecular complexity index is 455. The Kier molecular flexibility index (Phi) is 1.86. The van der Waals surface area contributed by atoms with Crippen LogP contribution in [0.2, 0.25) is 5.02 Å². The minimum absolute atomic E-state index is 0.154. The van der Waals surface area contributed by atoms with Crippen LogP contribution in [0.1, 0.15) is 18.4 Å². The molecule has 76 valence electrons. The number of nitrogens with zero attached hydrogens (tertiary/aromatic N) is 2. The van der Waals surface area contributed by atoms with Crippen LogP contribution in [0.4, 0.5) is 0 Å². The summed E-state index contributed by atoms with van der Waals surface area (Å²) in [6.07, 6.45) is 8.12. The van der Waals surface area contributed by atoms with Gasteiger partial charge >= 0.3 is 0 Å². The SMILES string of the molecule is Clc1ccc(C2(n3ccnc3)CC2)cc1. The molecular weight excluding hydrogens is 208 g/mol. The van der Waals surface area contributed by atoms with E-state index in [-0.39, 0.29) is 5.54 Å². The van der Waals surface area contributed by atoms with Crippen molar-refractivity contribution in [1.29, 1.82) is 0 Å². The van der Waals surface area contributed by atoms with Gasteiger partial charge in [0.25, 0.3) is 0 Å². The molecule has 1 fully saturated rings. The van der Waals surface area contributed by atoms with Gasteiger partial charge in [0.05, 0.1) is 11.9 Å². The molecule has 3 heteroatoms. The Balaban J connectivity index is 2.04. The maximum absolute atomic E-state index is 5.89. The Morgan fingerprint density at radius 3 is 2.47 bits per heavy atom. The van der Waals surface area contributed by atoms with Crippen LogP contribution in [-0.2, 0) is 5.54 Å². The number of hydrogen-bond donors (Lipinski definition) is 0. The van der Waals surface area contributed by atoms with Crippen molar-refractivity contribution in [2.45, 2.75) is 18.4 Å². The van der Waals surface area contributed by atoms with Crippen LogP contribution in [0.3, 0.4) is 0 Å². The van der Waals surface area contributed by atoms with E-state index in [0.29, 0.717) is 0 Å². The first-order valence-corrected chi connectivity index (χ1v) is 5.44. The van der Waals surface area contributed by atoms with Crippen molar-refractivity contribution in [2.24, 2.45) is 0 Å². The summed E-state index contributed by atoms with van der Waals surface area (Å²) in [4.78, 5) is 4.11. The second-order valence-electron chi connectivity index (χ2n) is 4.01. The van der Waals surface area contributed by atoms with E-state index in [1.54, 1.807) is 0 Å². The highest BCUT2D eigenvalue weighted by atomic mass is 35.5. The van der Waals surface area contributed by atoms with E-state index in [0.717, 1.165) is 5.02 Å². The van der Waals surface area contributed by atoms with E-state index in [1.165, 1.54) is 18.4 Å². The molecule has 3 rings (SSSR count). The molecule has 1 saturated carbocycles. The molecule has 0 bridgehead atoms. The molecule has 0 saturated heterocycles. The van der Waals surface area contributed by atoms with Crippen molar-refractivity contribution in [3.63, 3.8) is 0 Å². The fourth-order valence-electron chi connectivity index (χ4n) is 2.09. The molecule has 0 amide bonds. The van der Waals surface area contributed by atoms with Crippen molar-refractivity contribution in [1.82, 2.24) is 9.55 Å². The van der Waals surface area contributed by atoms with Crippen molar-refractivity contribution in [3.8, 4) is 0 Å². The molecule has 1 aromatic carbocycles. The Morgan fingerprint density at radius 2 is 1.93 bits per heavy atom. The van der Waals surface area contributed by atoms with Gasteiger partial charge in [-0.2, -0.15) is 0 Å². The lowest BCUT2D eigenvalue weighted by molar-refractivity contribution is 0.573. The minimum Gasteiger partial charge on any atom is -0.327 e. The second-order valence-corrected chi connectivity index (χ2v) is 4.44. The molecule has 1 aliphatic carbocycles. The number of aromatic nitrogens is 2. The van der Waals surface area contributed by atoms with Crippen LogP contribution in [0, 0.1) is 0 Å². The molecule has 0 N–H and O–H groups in total. The van der Waals surface area contributed by atoms with Crippen LogP contribution in [0.15, 0.2) is 43.0 Å². The highest BCUT2D eigenvalue weighted by Gasteiger charge is 2.45. The van der Waals surface area contributed by atoms with Crippen molar-refractivity contribution in [3.05, 3.63) is 53.6 Å². The molecule has 0 aliphatic heterocycles. The van der Waals surface area contributed by atoms with Gasteiger partial charge in [0.1, 0.15) is 0 Å². The Hall–Kier alpha value is -1.28. The van der Waals surface area contributed by atoms with Crippen LogP contribution < -0.4 is 0 Å². The fourth-order valence-corrected chi connectivity index (χ4v) is 2.21. The van der Waals surface area contributed by atoms with Crippen molar-refractivity contribution >= 4 is 11.6 Å². The lowest BCUT2D eigenvalue weighted by Gasteiger charge is -2.17. The van der Waals surface area contributed by atoms with Crippen molar-refractivity contribution < 1.29 is 0 Å². The number of benzene rings is 1. The van der Waals surface area contributed by atoms with Gasteiger partial charge in [-0.1, -0.05) is 23.7 Å². The van der Waals surface area contributed by atoms with E-state index in [2.05, 4.69) is 21.7 Å². The summed E-state index contributed by atoms with van der Waals surface area (Å²) in [6, 6.07) is 8.12. The fraction of sp³-hybridized carbons (Fsp3) is 0.250. The molecule has 2 nitrogen and oxygen atoms in total. The molecule has 1 aromatic heterocycles. The van der Waals surface area contributed by atoms with Gasteiger partial charge in [-0.15, -0.1) is 0 Å². The Morgan fingerprint density at radius 1 is 1.20 bits per heavy atom. The number of hydrogen-bond acceptors (Lipinski definition) is 1. The van der Waals surface area contributed by atoms with Gasteiger partial charge < -0.3 is 4.57 Å². The topological polar surface area (TPSA) is 17.8 Å². The van der Waals surface area contributed by atoms with E-state index >= 15 is 0 Å². The van der Waals surface area contributed by atoms with Crippen LogP contribution in [0.25, 0.3) is 0 Å². The molecule has 0 spiro atoms. The van der Waals surface area contributed by atoms with E-state index < -0.39 is 0 Å². The highest BCUT2D eigenvalue weighted by molar-refractivity contribution is 6.30. The largest absolute Gasteiger partial charge is 0.327 e. The van der Waals surface area contributed by atoms with Gasteiger partial charge in [-0.25, -0.2) is 4.98 Å². The average molecular weight is 219 g/mol. The average Bonchev–Trinajstić information content (AvgIpc) is 2.88. The van der Waals surface area contributed by atoms with Gasteiger partial charge in [0, 0.05) is 17.4 Å². The third-order valence-corrected chi connectivity index (χ3v) is 3.36. The van der Waals surface area contributed by atoms with Gasteiger partial charge in [0.15, 0.2) is 0 Å². The second kappa shape index (κ2) is 3.11. The number of halogens is 1. The summed E-state index contributed by atoms with van der Waals surface area (Å²) < 4.78 is 2.19. The molecule has 2 aromatic rings. The molecule has 1 aliphatic rings. The zero-order chi connectivity index (χ0) is 10.3. The normalized spacial score (nSPS) is 17.7. The summed E-state index contributed by atoms with van der Waals surface area (Å²) in [5.41, 5.74) is 1.48. The first kappa shape index (κ1) is 8.98. The van der Waals surface area contributed by atoms with Crippen LogP contribution >= 0.6 is 11.6 Å². The van der Waals surface area contributed by atoms with Gasteiger partial charge in [-0.3, -0.25) is 0 Å². The first-order chi connectivity index (χ1) is 7.31. The maximum Gasteiger partial charge on any atom is 0.0953 e. The molecule has 1 heterocycles. The molecule has 0 unspecified atom stereocenters. The van der Waals surface area contributed by atoms with E-state index in [9.17, 15) is 0 Å². The highest BCUT2D eigenvalue weighted by Crippen LogP contribution is 2.49. The van der Waals surface area contributed by atoms with Crippen LogP contribution in [-0.4, -0.2) is 9.55 Å². The zero-order valence-corrected chi connectivity index (χ0v) is 8.98. The van der Waals surface area contributed by atoms with Crippen molar-refractivity contribution in [2.75, 3.05) is 0 Å². The molecular formula is C12H11ClN2. The molecule has 15 heavy (non-hydrogen) atoms. The van der Waals surface area contributed by atoms with Gasteiger partial charge in [0.2, 0.25) is 0 Å². The van der Waals surface area contributed by atoms with Gasteiger partial charge in [-0.05, 0) is 30.5 Å². The first-order valence-electron chi connectivity index (χ1n) is 5.06. The molecule has 0 atom stereocenters. The number of rotatable bonds is 2. The standard InChI is InChI=1S/C12H11ClN2/c13-11-3-1-10(2-4-11)12(5-6-12)15-8-7-14-9-15/h1-4,7-9H,5-6H2. The number of imidazole rings is 1. The predicted octanol–water partition coefficient (Wildman–Crippen LogP) is 3.07. The monoisotopic (exact) mass is 218 g/mol. The van der Waals surface area contributed by atoms with E-state index in [4.69, 9.17) is 11.6 Å². The summed E-state index contributed by atoms with van der Waals surface area (Å²) in [5.74, 6) is 0. The lowest BCUT2D eigenvalue weighted by atomic mass is 10.1. The summed E-state index contributed by atoms with van der Waals surface area (Å²) >= 11 is 5.89. The third kappa shape index (κ3) is 1.37. The predicted molar refractivity (Wildman–Crippen MR) is 60.0 cm³/mol. The minimum atomic E-state index is 0.154. The zero-order valence-electron chi connectivity index (χ0n) is 8.23. The summed E-state index contributed by atoms with van der Waals surface area (Å²) in [5, 5.41) is 0.792. The lowest BCUT2D eigenvalue weighted by Crippen LogP contribution is -2.16. The Labute approximate surface area is 93.5 Å². The van der Waals surface area contributed by atoms with Crippen LogP contribution in [0.5, 0.6) is 0 Å².